The third-order valence-electron chi connectivity index (χ3n) is 2.68. The topological polar surface area (TPSA) is 12.9 Å². The third-order valence-corrected chi connectivity index (χ3v) is 3.21. The number of hydrogen-bond acceptors (Lipinski definition) is 1. The highest BCUT2D eigenvalue weighted by Crippen LogP contribution is 2.21. The summed E-state index contributed by atoms with van der Waals surface area (Å²) in [6, 6.07) is 14.6. The molecule has 1 unspecified atom stereocenters. The van der Waals surface area contributed by atoms with Crippen LogP contribution in [0.15, 0.2) is 53.1 Å². The van der Waals surface area contributed by atoms with E-state index in [1.54, 1.807) is 0 Å². The van der Waals surface area contributed by atoms with Crippen molar-refractivity contribution in [2.24, 2.45) is 0 Å². The smallest absolute Gasteiger partial charge is 0.0409 e. The number of hydrogen-bond donors (Lipinski definition) is 0. The molecule has 0 saturated heterocycles. The standard InChI is InChI=1S/C14H14BrN/c1-11(10-14-4-2-3-9-16-14)12-5-7-13(15)8-6-12/h2-9,11H,10H2,1H3. The van der Waals surface area contributed by atoms with Crippen LogP contribution < -0.4 is 0 Å². The highest BCUT2D eigenvalue weighted by Gasteiger charge is 2.06. The Hall–Kier alpha value is -1.15. The maximum absolute atomic E-state index is 4.35. The van der Waals surface area contributed by atoms with Crippen molar-refractivity contribution in [1.29, 1.82) is 0 Å². The summed E-state index contributed by atoms with van der Waals surface area (Å²) in [4.78, 5) is 4.35. The van der Waals surface area contributed by atoms with Crippen molar-refractivity contribution in [2.75, 3.05) is 0 Å². The van der Waals surface area contributed by atoms with Crippen LogP contribution in [0.25, 0.3) is 0 Å². The molecular weight excluding hydrogens is 262 g/mol. The second kappa shape index (κ2) is 5.26. The Labute approximate surface area is 105 Å². The van der Waals surface area contributed by atoms with Crippen molar-refractivity contribution < 1.29 is 0 Å². The number of aromatic nitrogens is 1. The monoisotopic (exact) mass is 275 g/mol. The van der Waals surface area contributed by atoms with Crippen LogP contribution in [0.4, 0.5) is 0 Å². The van der Waals surface area contributed by atoms with E-state index in [4.69, 9.17) is 0 Å². The molecule has 1 atom stereocenters. The third kappa shape index (κ3) is 2.92. The van der Waals surface area contributed by atoms with Gasteiger partial charge in [0.05, 0.1) is 0 Å². The zero-order valence-electron chi connectivity index (χ0n) is 9.23. The van der Waals surface area contributed by atoms with E-state index in [1.165, 1.54) is 5.56 Å². The van der Waals surface area contributed by atoms with Gasteiger partial charge in [-0.15, -0.1) is 0 Å². The Morgan fingerprint density at radius 2 is 1.88 bits per heavy atom. The van der Waals surface area contributed by atoms with Crippen LogP contribution in [0.3, 0.4) is 0 Å². The van der Waals surface area contributed by atoms with Gasteiger partial charge in [-0.3, -0.25) is 4.98 Å². The first-order chi connectivity index (χ1) is 7.75. The fourth-order valence-corrected chi connectivity index (χ4v) is 2.01. The molecule has 0 bridgehead atoms. The largest absolute Gasteiger partial charge is 0.261 e. The minimum Gasteiger partial charge on any atom is -0.261 e. The molecule has 1 aromatic carbocycles. The Kier molecular flexibility index (Phi) is 3.73. The van der Waals surface area contributed by atoms with Crippen molar-refractivity contribution in [3.05, 3.63) is 64.4 Å². The van der Waals surface area contributed by atoms with Crippen molar-refractivity contribution >= 4 is 15.9 Å². The Morgan fingerprint density at radius 3 is 2.50 bits per heavy atom. The summed E-state index contributed by atoms with van der Waals surface area (Å²) in [5.41, 5.74) is 2.51. The molecule has 0 radical (unpaired) electrons. The number of nitrogens with zero attached hydrogens (tertiary/aromatic N) is 1. The molecule has 1 heterocycles. The molecule has 16 heavy (non-hydrogen) atoms. The molecule has 0 aliphatic carbocycles. The summed E-state index contributed by atoms with van der Waals surface area (Å²) in [7, 11) is 0. The number of benzene rings is 1. The summed E-state index contributed by atoms with van der Waals surface area (Å²) in [6.45, 7) is 2.23. The van der Waals surface area contributed by atoms with Gasteiger partial charge in [0.1, 0.15) is 0 Å². The molecule has 0 spiro atoms. The summed E-state index contributed by atoms with van der Waals surface area (Å²) in [5, 5.41) is 0. The van der Waals surface area contributed by atoms with Gasteiger partial charge in [-0.2, -0.15) is 0 Å². The molecule has 0 amide bonds. The first kappa shape index (κ1) is 11.3. The van der Waals surface area contributed by atoms with E-state index in [0.29, 0.717) is 5.92 Å². The second-order valence-corrected chi connectivity index (χ2v) is 4.89. The molecule has 0 saturated carbocycles. The average Bonchev–Trinajstić information content (AvgIpc) is 2.31. The molecule has 1 nitrogen and oxygen atoms in total. The molecule has 0 aliphatic heterocycles. The maximum atomic E-state index is 4.35. The van der Waals surface area contributed by atoms with E-state index in [-0.39, 0.29) is 0 Å². The minimum atomic E-state index is 0.503. The summed E-state index contributed by atoms with van der Waals surface area (Å²) < 4.78 is 1.13. The van der Waals surface area contributed by atoms with Crippen LogP contribution >= 0.6 is 15.9 Å². The molecule has 1 aromatic heterocycles. The fourth-order valence-electron chi connectivity index (χ4n) is 1.74. The van der Waals surface area contributed by atoms with Crippen molar-refractivity contribution in [2.45, 2.75) is 19.3 Å². The van der Waals surface area contributed by atoms with Crippen molar-refractivity contribution in [3.8, 4) is 0 Å². The first-order valence-corrected chi connectivity index (χ1v) is 6.20. The van der Waals surface area contributed by atoms with E-state index in [0.717, 1.165) is 16.6 Å². The average molecular weight is 276 g/mol. The number of pyridine rings is 1. The second-order valence-electron chi connectivity index (χ2n) is 3.98. The van der Waals surface area contributed by atoms with E-state index in [2.05, 4.69) is 58.2 Å². The van der Waals surface area contributed by atoms with Crippen LogP contribution in [0.1, 0.15) is 24.1 Å². The number of rotatable bonds is 3. The molecule has 2 heteroatoms. The Bertz CT molecular complexity index is 436. The normalized spacial score (nSPS) is 12.4. The van der Waals surface area contributed by atoms with Gasteiger partial charge in [-0.05, 0) is 42.2 Å². The summed E-state index contributed by atoms with van der Waals surface area (Å²) in [6.07, 6.45) is 2.84. The zero-order valence-corrected chi connectivity index (χ0v) is 10.8. The predicted octanol–water partition coefficient (Wildman–Crippen LogP) is 4.19. The van der Waals surface area contributed by atoms with Gasteiger partial charge in [0.25, 0.3) is 0 Å². The van der Waals surface area contributed by atoms with E-state index in [1.807, 2.05) is 18.3 Å². The minimum absolute atomic E-state index is 0.503. The first-order valence-electron chi connectivity index (χ1n) is 5.41. The molecule has 2 rings (SSSR count). The van der Waals surface area contributed by atoms with Crippen LogP contribution in [0.5, 0.6) is 0 Å². The summed E-state index contributed by atoms with van der Waals surface area (Å²) in [5.74, 6) is 0.503. The van der Waals surface area contributed by atoms with Gasteiger partial charge < -0.3 is 0 Å². The highest BCUT2D eigenvalue weighted by molar-refractivity contribution is 9.10. The number of halogens is 1. The molecule has 82 valence electrons. The highest BCUT2D eigenvalue weighted by atomic mass is 79.9. The van der Waals surface area contributed by atoms with Gasteiger partial charge in [-0.25, -0.2) is 0 Å². The van der Waals surface area contributed by atoms with Gasteiger partial charge in [-0.1, -0.05) is 41.1 Å². The molecule has 0 aliphatic rings. The predicted molar refractivity (Wildman–Crippen MR) is 70.5 cm³/mol. The zero-order chi connectivity index (χ0) is 11.4. The van der Waals surface area contributed by atoms with Crippen LogP contribution in [-0.4, -0.2) is 4.98 Å². The molecule has 2 aromatic rings. The van der Waals surface area contributed by atoms with E-state index < -0.39 is 0 Å². The fraction of sp³-hybridized carbons (Fsp3) is 0.214. The van der Waals surface area contributed by atoms with Gasteiger partial charge >= 0.3 is 0 Å². The van der Waals surface area contributed by atoms with E-state index in [9.17, 15) is 0 Å². The molecule has 0 N–H and O–H groups in total. The Balaban J connectivity index is 2.09. The van der Waals surface area contributed by atoms with Gasteiger partial charge in [0, 0.05) is 16.4 Å². The van der Waals surface area contributed by atoms with Gasteiger partial charge in [0.15, 0.2) is 0 Å². The van der Waals surface area contributed by atoms with E-state index >= 15 is 0 Å². The summed E-state index contributed by atoms with van der Waals surface area (Å²) >= 11 is 3.45. The van der Waals surface area contributed by atoms with Crippen LogP contribution in [0.2, 0.25) is 0 Å². The van der Waals surface area contributed by atoms with Crippen molar-refractivity contribution in [1.82, 2.24) is 4.98 Å². The van der Waals surface area contributed by atoms with Crippen molar-refractivity contribution in [3.63, 3.8) is 0 Å². The van der Waals surface area contributed by atoms with Gasteiger partial charge in [0.2, 0.25) is 0 Å². The maximum Gasteiger partial charge on any atom is 0.0409 e. The lowest BCUT2D eigenvalue weighted by molar-refractivity contribution is 0.741. The molecule has 0 fully saturated rings. The van der Waals surface area contributed by atoms with Crippen LogP contribution in [-0.2, 0) is 6.42 Å². The Morgan fingerprint density at radius 1 is 1.12 bits per heavy atom. The lowest BCUT2D eigenvalue weighted by Gasteiger charge is -2.11. The van der Waals surface area contributed by atoms with Crippen LogP contribution in [0, 0.1) is 0 Å². The quantitative estimate of drug-likeness (QED) is 0.819. The molecular formula is C14H14BrN. The lowest BCUT2D eigenvalue weighted by atomic mass is 9.96. The SMILES string of the molecule is CC(Cc1ccccn1)c1ccc(Br)cc1. The lowest BCUT2D eigenvalue weighted by Crippen LogP contribution is -1.99.